The van der Waals surface area contributed by atoms with Crippen LogP contribution in [-0.4, -0.2) is 36.1 Å². The minimum Gasteiger partial charge on any atom is -0.322 e. The second kappa shape index (κ2) is 8.07. The van der Waals surface area contributed by atoms with Gasteiger partial charge in [-0.3, -0.25) is 14.9 Å². The molecular formula is C19H21N3O5S. The van der Waals surface area contributed by atoms with E-state index in [2.05, 4.69) is 5.32 Å². The molecule has 9 heteroatoms. The Morgan fingerprint density at radius 1 is 1.18 bits per heavy atom. The molecule has 1 heterocycles. The maximum Gasteiger partial charge on any atom is 0.269 e. The maximum absolute atomic E-state index is 13.0. The van der Waals surface area contributed by atoms with Crippen LogP contribution in [0.15, 0.2) is 53.4 Å². The Morgan fingerprint density at radius 3 is 2.54 bits per heavy atom. The molecule has 0 radical (unpaired) electrons. The second-order valence-corrected chi connectivity index (χ2v) is 8.64. The van der Waals surface area contributed by atoms with Gasteiger partial charge >= 0.3 is 0 Å². The van der Waals surface area contributed by atoms with Gasteiger partial charge in [0.15, 0.2) is 0 Å². The van der Waals surface area contributed by atoms with Crippen molar-refractivity contribution in [1.29, 1.82) is 0 Å². The molecule has 0 aromatic heterocycles. The lowest BCUT2D eigenvalue weighted by Gasteiger charge is -2.32. The van der Waals surface area contributed by atoms with Crippen molar-refractivity contribution in [2.24, 2.45) is 0 Å². The van der Waals surface area contributed by atoms with Crippen molar-refractivity contribution in [3.63, 3.8) is 0 Å². The minimum atomic E-state index is -3.68. The summed E-state index contributed by atoms with van der Waals surface area (Å²) < 4.78 is 27.4. The highest BCUT2D eigenvalue weighted by molar-refractivity contribution is 7.89. The van der Waals surface area contributed by atoms with E-state index in [1.807, 2.05) is 6.92 Å². The van der Waals surface area contributed by atoms with E-state index in [9.17, 15) is 23.3 Å². The number of nitrogens with one attached hydrogen (secondary N) is 1. The van der Waals surface area contributed by atoms with Gasteiger partial charge in [-0.1, -0.05) is 12.5 Å². The number of hydrogen-bond donors (Lipinski definition) is 1. The summed E-state index contributed by atoms with van der Waals surface area (Å²) in [7, 11) is -3.68. The van der Waals surface area contributed by atoms with Gasteiger partial charge in [0, 0.05) is 36.0 Å². The third-order valence-electron chi connectivity index (χ3n) is 4.78. The normalized spacial score (nSPS) is 17.8. The van der Waals surface area contributed by atoms with Crippen molar-refractivity contribution in [2.45, 2.75) is 37.1 Å². The van der Waals surface area contributed by atoms with Crippen LogP contribution in [0, 0.1) is 10.1 Å². The quantitative estimate of drug-likeness (QED) is 0.608. The number of piperidine rings is 1. The van der Waals surface area contributed by atoms with Crippen LogP contribution in [0.25, 0.3) is 0 Å². The minimum absolute atomic E-state index is 0.0728. The first-order valence-electron chi connectivity index (χ1n) is 8.97. The summed E-state index contributed by atoms with van der Waals surface area (Å²) in [5.41, 5.74) is 0.499. The lowest BCUT2D eigenvalue weighted by atomic mass is 10.1. The van der Waals surface area contributed by atoms with Gasteiger partial charge in [-0.05, 0) is 50.1 Å². The first-order chi connectivity index (χ1) is 13.3. The number of nitro groups is 1. The van der Waals surface area contributed by atoms with Crippen LogP contribution in [0.5, 0.6) is 0 Å². The molecule has 0 aliphatic carbocycles. The van der Waals surface area contributed by atoms with Crippen LogP contribution in [0.4, 0.5) is 11.4 Å². The van der Waals surface area contributed by atoms with E-state index in [1.165, 1.54) is 52.8 Å². The number of hydrogen-bond acceptors (Lipinski definition) is 5. The smallest absolute Gasteiger partial charge is 0.269 e. The number of carbonyl (C=O) groups excluding carboxylic acids is 1. The fraction of sp³-hybridized carbons (Fsp3) is 0.316. The van der Waals surface area contributed by atoms with Gasteiger partial charge in [0.2, 0.25) is 10.0 Å². The summed E-state index contributed by atoms with van der Waals surface area (Å²) in [4.78, 5) is 22.8. The van der Waals surface area contributed by atoms with Gasteiger partial charge < -0.3 is 5.32 Å². The molecular weight excluding hydrogens is 382 g/mol. The molecule has 8 nitrogen and oxygen atoms in total. The summed E-state index contributed by atoms with van der Waals surface area (Å²) in [5.74, 6) is -0.488. The van der Waals surface area contributed by atoms with Crippen molar-refractivity contribution in [1.82, 2.24) is 4.31 Å². The molecule has 0 bridgehead atoms. The van der Waals surface area contributed by atoms with Gasteiger partial charge in [-0.2, -0.15) is 4.31 Å². The Morgan fingerprint density at radius 2 is 1.89 bits per heavy atom. The molecule has 1 aliphatic heterocycles. The Balaban J connectivity index is 1.80. The Labute approximate surface area is 163 Å². The van der Waals surface area contributed by atoms with Gasteiger partial charge in [0.05, 0.1) is 9.82 Å². The lowest BCUT2D eigenvalue weighted by Crippen LogP contribution is -2.41. The highest BCUT2D eigenvalue weighted by Crippen LogP contribution is 2.26. The van der Waals surface area contributed by atoms with Crippen LogP contribution in [0.3, 0.4) is 0 Å². The number of nitro benzene ring substituents is 1. The molecule has 1 fully saturated rings. The maximum atomic E-state index is 13.0. The summed E-state index contributed by atoms with van der Waals surface area (Å²) in [6.45, 7) is 2.37. The molecule has 0 spiro atoms. The number of sulfonamides is 1. The lowest BCUT2D eigenvalue weighted by molar-refractivity contribution is -0.384. The fourth-order valence-electron chi connectivity index (χ4n) is 3.23. The molecule has 2 aromatic rings. The molecule has 1 aliphatic rings. The van der Waals surface area contributed by atoms with Gasteiger partial charge in [0.1, 0.15) is 0 Å². The Hall–Kier alpha value is -2.78. The van der Waals surface area contributed by atoms with Crippen LogP contribution in [0.1, 0.15) is 36.5 Å². The van der Waals surface area contributed by atoms with Crippen molar-refractivity contribution >= 4 is 27.3 Å². The van der Waals surface area contributed by atoms with E-state index in [0.29, 0.717) is 12.2 Å². The largest absolute Gasteiger partial charge is 0.322 e. The molecule has 1 N–H and O–H groups in total. The molecule has 1 saturated heterocycles. The molecule has 2 aromatic carbocycles. The van der Waals surface area contributed by atoms with E-state index < -0.39 is 20.9 Å². The van der Waals surface area contributed by atoms with Crippen molar-refractivity contribution in [2.75, 3.05) is 11.9 Å². The van der Waals surface area contributed by atoms with E-state index in [4.69, 9.17) is 0 Å². The van der Waals surface area contributed by atoms with Crippen molar-refractivity contribution in [3.05, 3.63) is 64.2 Å². The number of rotatable bonds is 5. The highest BCUT2D eigenvalue weighted by Gasteiger charge is 2.31. The number of carbonyl (C=O) groups is 1. The van der Waals surface area contributed by atoms with E-state index in [-0.39, 0.29) is 22.2 Å². The Kier molecular flexibility index (Phi) is 5.76. The molecule has 0 saturated carbocycles. The van der Waals surface area contributed by atoms with E-state index in [0.717, 1.165) is 19.3 Å². The van der Waals surface area contributed by atoms with Crippen LogP contribution in [0.2, 0.25) is 0 Å². The number of anilines is 1. The molecule has 3 rings (SSSR count). The number of benzene rings is 2. The average molecular weight is 403 g/mol. The zero-order valence-corrected chi connectivity index (χ0v) is 16.2. The summed E-state index contributed by atoms with van der Waals surface area (Å²) in [6, 6.07) is 11.2. The second-order valence-electron chi connectivity index (χ2n) is 6.75. The molecule has 1 amide bonds. The monoisotopic (exact) mass is 403 g/mol. The van der Waals surface area contributed by atoms with Gasteiger partial charge in [0.25, 0.3) is 11.6 Å². The van der Waals surface area contributed by atoms with E-state index in [1.54, 1.807) is 0 Å². The third kappa shape index (κ3) is 4.20. The van der Waals surface area contributed by atoms with Crippen LogP contribution in [-0.2, 0) is 10.0 Å². The third-order valence-corrected chi connectivity index (χ3v) is 6.79. The van der Waals surface area contributed by atoms with Crippen LogP contribution >= 0.6 is 0 Å². The number of nitrogens with zero attached hydrogens (tertiary/aromatic N) is 2. The average Bonchev–Trinajstić information content (AvgIpc) is 2.68. The Bertz CT molecular complexity index is 989. The summed E-state index contributed by atoms with van der Waals surface area (Å²) >= 11 is 0. The predicted octanol–water partition coefficient (Wildman–Crippen LogP) is 3.41. The standard InChI is InChI=1S/C19H21N3O5S/c1-14-5-2-3-12-21(14)28(26,27)18-7-4-6-15(13-18)19(23)20-16-8-10-17(11-9-16)22(24)25/h4,6-11,13-14H,2-3,5,12H2,1H3,(H,20,23). The zero-order valence-electron chi connectivity index (χ0n) is 15.4. The van der Waals surface area contributed by atoms with Crippen molar-refractivity contribution in [3.8, 4) is 0 Å². The van der Waals surface area contributed by atoms with Crippen LogP contribution < -0.4 is 5.32 Å². The highest BCUT2D eigenvalue weighted by atomic mass is 32.2. The van der Waals surface area contributed by atoms with E-state index >= 15 is 0 Å². The number of amides is 1. The predicted molar refractivity (Wildman–Crippen MR) is 105 cm³/mol. The van der Waals surface area contributed by atoms with Gasteiger partial charge in [-0.15, -0.1) is 0 Å². The summed E-state index contributed by atoms with van der Waals surface area (Å²) in [6.07, 6.45) is 2.65. The number of non-ortho nitro benzene ring substituents is 1. The molecule has 1 atom stereocenters. The topological polar surface area (TPSA) is 110 Å². The first-order valence-corrected chi connectivity index (χ1v) is 10.4. The summed E-state index contributed by atoms with van der Waals surface area (Å²) in [5, 5.41) is 13.3. The SMILES string of the molecule is CC1CCCCN1S(=O)(=O)c1cccc(C(=O)Nc2ccc([N+](=O)[O-])cc2)c1. The molecule has 28 heavy (non-hydrogen) atoms. The zero-order chi connectivity index (χ0) is 20.3. The fourth-order valence-corrected chi connectivity index (χ4v) is 4.98. The molecule has 148 valence electrons. The first kappa shape index (κ1) is 20.0. The molecule has 1 unspecified atom stereocenters. The van der Waals surface area contributed by atoms with Crippen molar-refractivity contribution < 1.29 is 18.1 Å². The van der Waals surface area contributed by atoms with Gasteiger partial charge in [-0.25, -0.2) is 8.42 Å².